The lowest BCUT2D eigenvalue weighted by Crippen LogP contribution is -2.58. The first-order chi connectivity index (χ1) is 9.57. The van der Waals surface area contributed by atoms with Gasteiger partial charge in [-0.3, -0.25) is 0 Å². The summed E-state index contributed by atoms with van der Waals surface area (Å²) in [6.45, 7) is 5.01. The number of amides is 1. The van der Waals surface area contributed by atoms with Gasteiger partial charge in [-0.05, 0) is 53.1 Å². The van der Waals surface area contributed by atoms with Crippen LogP contribution in [0.25, 0.3) is 0 Å². The molecule has 2 rings (SSSR count). The zero-order valence-electron chi connectivity index (χ0n) is 13.2. The van der Waals surface area contributed by atoms with E-state index in [-0.39, 0.29) is 6.09 Å². The molecule has 1 saturated heterocycles. The van der Waals surface area contributed by atoms with Crippen molar-refractivity contribution < 1.29 is 9.53 Å². The molecular weight excluding hydrogens is 254 g/mol. The van der Waals surface area contributed by atoms with E-state index < -0.39 is 0 Å². The lowest BCUT2D eigenvalue weighted by molar-refractivity contribution is 0.0522. The van der Waals surface area contributed by atoms with Crippen LogP contribution in [0.2, 0.25) is 0 Å². The Hall–Kier alpha value is -0.810. The molecule has 2 aliphatic rings. The number of nitrogens with zero attached hydrogens (tertiary/aromatic N) is 2. The minimum absolute atomic E-state index is 0.158. The summed E-state index contributed by atoms with van der Waals surface area (Å²) in [7, 11) is 4.37. The van der Waals surface area contributed by atoms with Gasteiger partial charge in [0, 0.05) is 31.2 Å². The number of likely N-dealkylation sites (N-methyl/N-ethyl adjacent to an activating group) is 1. The summed E-state index contributed by atoms with van der Waals surface area (Å²) in [5, 5.41) is 3.72. The van der Waals surface area contributed by atoms with Crippen molar-refractivity contribution in [1.29, 1.82) is 0 Å². The predicted octanol–water partition coefficient (Wildman–Crippen LogP) is 1.68. The minimum atomic E-state index is -0.158. The average Bonchev–Trinajstić information content (AvgIpc) is 2.38. The van der Waals surface area contributed by atoms with Gasteiger partial charge in [-0.15, -0.1) is 0 Å². The summed E-state index contributed by atoms with van der Waals surface area (Å²) in [5.41, 5.74) is 0.373. The first-order valence-corrected chi connectivity index (χ1v) is 7.90. The van der Waals surface area contributed by atoms with Gasteiger partial charge in [0.05, 0.1) is 6.61 Å². The van der Waals surface area contributed by atoms with Crippen LogP contribution in [0.4, 0.5) is 4.79 Å². The average molecular weight is 283 g/mol. The van der Waals surface area contributed by atoms with E-state index in [1.807, 2.05) is 11.8 Å². The molecule has 0 atom stereocenters. The maximum Gasteiger partial charge on any atom is 0.409 e. The highest BCUT2D eigenvalue weighted by atomic mass is 16.6. The Labute approximate surface area is 122 Å². The minimum Gasteiger partial charge on any atom is -0.450 e. The molecule has 5 nitrogen and oxygen atoms in total. The Morgan fingerprint density at radius 1 is 1.35 bits per heavy atom. The van der Waals surface area contributed by atoms with E-state index in [1.165, 1.54) is 19.3 Å². The second-order valence-corrected chi connectivity index (χ2v) is 6.31. The van der Waals surface area contributed by atoms with Crippen molar-refractivity contribution in [1.82, 2.24) is 15.1 Å². The molecule has 0 radical (unpaired) electrons. The van der Waals surface area contributed by atoms with E-state index in [0.717, 1.165) is 32.5 Å². The van der Waals surface area contributed by atoms with Crippen LogP contribution in [0.15, 0.2) is 0 Å². The fraction of sp³-hybridized carbons (Fsp3) is 0.933. The van der Waals surface area contributed by atoms with Crippen LogP contribution in [0.5, 0.6) is 0 Å². The van der Waals surface area contributed by atoms with Crippen LogP contribution >= 0.6 is 0 Å². The van der Waals surface area contributed by atoms with E-state index in [4.69, 9.17) is 4.74 Å². The van der Waals surface area contributed by atoms with E-state index in [1.54, 1.807) is 0 Å². The number of carbonyl (C=O) groups is 1. The van der Waals surface area contributed by atoms with Gasteiger partial charge in [0.1, 0.15) is 0 Å². The molecule has 1 aliphatic heterocycles. The molecule has 1 amide bonds. The molecule has 0 spiro atoms. The smallest absolute Gasteiger partial charge is 0.409 e. The molecule has 1 heterocycles. The predicted molar refractivity (Wildman–Crippen MR) is 79.9 cm³/mol. The first-order valence-electron chi connectivity index (χ1n) is 7.90. The van der Waals surface area contributed by atoms with Crippen LogP contribution in [-0.2, 0) is 4.74 Å². The van der Waals surface area contributed by atoms with Gasteiger partial charge < -0.3 is 19.9 Å². The third kappa shape index (κ3) is 3.44. The summed E-state index contributed by atoms with van der Waals surface area (Å²) in [5.74, 6) is 0. The summed E-state index contributed by atoms with van der Waals surface area (Å²) in [6.07, 6.45) is 5.85. The van der Waals surface area contributed by atoms with Gasteiger partial charge in [0.2, 0.25) is 0 Å². The maximum atomic E-state index is 11.6. The Balaban J connectivity index is 1.71. The van der Waals surface area contributed by atoms with Crippen LogP contribution < -0.4 is 5.32 Å². The Morgan fingerprint density at radius 3 is 2.45 bits per heavy atom. The van der Waals surface area contributed by atoms with Gasteiger partial charge in [-0.1, -0.05) is 0 Å². The highest BCUT2D eigenvalue weighted by Gasteiger charge is 2.39. The molecule has 0 unspecified atom stereocenters. The van der Waals surface area contributed by atoms with E-state index in [9.17, 15) is 4.79 Å². The number of nitrogens with one attached hydrogen (secondary N) is 1. The fourth-order valence-electron chi connectivity index (χ4n) is 3.18. The third-order valence-corrected chi connectivity index (χ3v) is 4.97. The lowest BCUT2D eigenvalue weighted by atomic mass is 9.75. The topological polar surface area (TPSA) is 44.8 Å². The number of carbonyl (C=O) groups excluding carboxylic acids is 1. The summed E-state index contributed by atoms with van der Waals surface area (Å²) in [4.78, 5) is 15.8. The van der Waals surface area contributed by atoms with Gasteiger partial charge in [-0.2, -0.15) is 0 Å². The van der Waals surface area contributed by atoms with Crippen LogP contribution in [-0.4, -0.2) is 67.8 Å². The molecule has 0 bridgehead atoms. The van der Waals surface area contributed by atoms with Crippen molar-refractivity contribution in [2.75, 3.05) is 40.3 Å². The normalized spacial score (nSPS) is 22.7. The number of piperidine rings is 1. The van der Waals surface area contributed by atoms with Crippen molar-refractivity contribution in [3.63, 3.8) is 0 Å². The molecule has 2 fully saturated rings. The molecule has 1 saturated carbocycles. The van der Waals surface area contributed by atoms with Crippen molar-refractivity contribution in [3.05, 3.63) is 0 Å². The fourth-order valence-corrected chi connectivity index (χ4v) is 3.18. The standard InChI is InChI=1S/C15H29N3O2/c1-4-20-14(19)18-10-6-13(7-11-18)16-12-15(17(2)3)8-5-9-15/h13,16H,4-12H2,1-3H3. The zero-order valence-corrected chi connectivity index (χ0v) is 13.2. The highest BCUT2D eigenvalue weighted by Crippen LogP contribution is 2.35. The molecular formula is C15H29N3O2. The van der Waals surface area contributed by atoms with Crippen LogP contribution in [0, 0.1) is 0 Å². The van der Waals surface area contributed by atoms with Crippen molar-refractivity contribution in [2.24, 2.45) is 0 Å². The summed E-state index contributed by atoms with van der Waals surface area (Å²) < 4.78 is 5.05. The van der Waals surface area contributed by atoms with Gasteiger partial charge in [0.15, 0.2) is 0 Å². The van der Waals surface area contributed by atoms with E-state index in [2.05, 4.69) is 24.3 Å². The Bertz CT molecular complexity index is 321. The number of ether oxygens (including phenoxy) is 1. The molecule has 1 aliphatic carbocycles. The molecule has 20 heavy (non-hydrogen) atoms. The van der Waals surface area contributed by atoms with Crippen molar-refractivity contribution in [2.45, 2.75) is 50.6 Å². The van der Waals surface area contributed by atoms with Gasteiger partial charge >= 0.3 is 6.09 Å². The monoisotopic (exact) mass is 283 g/mol. The number of likely N-dealkylation sites (tertiary alicyclic amines) is 1. The molecule has 0 aromatic rings. The third-order valence-electron chi connectivity index (χ3n) is 4.97. The van der Waals surface area contributed by atoms with E-state index in [0.29, 0.717) is 18.2 Å². The number of rotatable bonds is 5. The molecule has 0 aromatic heterocycles. The van der Waals surface area contributed by atoms with Crippen molar-refractivity contribution >= 4 is 6.09 Å². The van der Waals surface area contributed by atoms with Crippen molar-refractivity contribution in [3.8, 4) is 0 Å². The van der Waals surface area contributed by atoms with Gasteiger partial charge in [0.25, 0.3) is 0 Å². The van der Waals surface area contributed by atoms with Gasteiger partial charge in [-0.25, -0.2) is 4.79 Å². The molecule has 116 valence electrons. The maximum absolute atomic E-state index is 11.6. The molecule has 1 N–H and O–H groups in total. The number of hydrogen-bond acceptors (Lipinski definition) is 4. The molecule has 0 aromatic carbocycles. The SMILES string of the molecule is CCOC(=O)N1CCC(NCC2(N(C)C)CCC2)CC1. The highest BCUT2D eigenvalue weighted by molar-refractivity contribution is 5.67. The second kappa shape index (κ2) is 6.76. The lowest BCUT2D eigenvalue weighted by Gasteiger charge is -2.48. The Kier molecular flexibility index (Phi) is 5.27. The molecule has 5 heteroatoms. The number of hydrogen-bond donors (Lipinski definition) is 1. The Morgan fingerprint density at radius 2 is 2.00 bits per heavy atom. The largest absolute Gasteiger partial charge is 0.450 e. The zero-order chi connectivity index (χ0) is 14.6. The van der Waals surface area contributed by atoms with Crippen LogP contribution in [0.3, 0.4) is 0 Å². The van der Waals surface area contributed by atoms with E-state index >= 15 is 0 Å². The summed E-state index contributed by atoms with van der Waals surface area (Å²) >= 11 is 0. The second-order valence-electron chi connectivity index (χ2n) is 6.31. The first kappa shape index (κ1) is 15.6. The quantitative estimate of drug-likeness (QED) is 0.834. The van der Waals surface area contributed by atoms with Crippen LogP contribution in [0.1, 0.15) is 39.0 Å². The summed E-state index contributed by atoms with van der Waals surface area (Å²) in [6, 6.07) is 0.540.